The lowest BCUT2D eigenvalue weighted by Gasteiger charge is -2.31. The second-order valence-electron chi connectivity index (χ2n) is 18.9. The van der Waals surface area contributed by atoms with Crippen LogP contribution in [0.2, 0.25) is 0 Å². The van der Waals surface area contributed by atoms with Gasteiger partial charge in [0.2, 0.25) is 11.7 Å². The third-order valence-corrected chi connectivity index (χ3v) is 13.2. The number of aliphatic carboxylic acids is 2. The fourth-order valence-electron chi connectivity index (χ4n) is 8.64. The molecule has 400 valence electrons. The van der Waals surface area contributed by atoms with Crippen LogP contribution in [0.4, 0.5) is 5.69 Å². The van der Waals surface area contributed by atoms with Crippen LogP contribution < -0.4 is 43.8 Å². The van der Waals surface area contributed by atoms with Gasteiger partial charge >= 0.3 is 11.9 Å². The molecule has 3 aromatic rings. The number of aryl methyl sites for hydroxylation is 2. The number of hydrogen-bond donors (Lipinski definition) is 10. The summed E-state index contributed by atoms with van der Waals surface area (Å²) in [5.41, 5.74) is 22.0. The lowest BCUT2D eigenvalue weighted by molar-refractivity contribution is -0.139. The number of ether oxygens (including phenoxy) is 1. The largest absolute Gasteiger partial charge is 0.481 e. The minimum absolute atomic E-state index is 0.00209. The van der Waals surface area contributed by atoms with Crippen molar-refractivity contribution < 1.29 is 43.7 Å². The highest BCUT2D eigenvalue weighted by Crippen LogP contribution is 2.21. The monoisotopic (exact) mass is 1030 g/mol. The smallest absolute Gasteiger partial charge is 0.304 e. The molecule has 0 aliphatic carbocycles. The standard InChI is InChI=1S/C51H76N12O9S/c1-33-60-62-49(63-61-33)37-19-13-34(14-20-37)18-24-46(66)41(53)10-5-7-25-55-50(71)42(54)11-3-2-4-12-45(65)40(52)9-6-8-26-56-51(73)59-38-21-15-35(16-22-38)27-44-43(29-48(69)70)57-30-36(28-47(67)68)17-23-39(58-44)31-72-32-64/h13-16,19-22,32,36,39-44,57-58H,2-12,17-18,23-31,52-54H2,1H3,(H,55,71)(H,67,68)(H,69,70)(H2,56,59,73). The second kappa shape index (κ2) is 33.0. The van der Waals surface area contributed by atoms with Gasteiger partial charge in [0.15, 0.2) is 10.9 Å². The highest BCUT2D eigenvalue weighted by molar-refractivity contribution is 7.80. The van der Waals surface area contributed by atoms with E-state index in [0.29, 0.717) is 126 Å². The molecule has 1 aromatic heterocycles. The maximum absolute atomic E-state index is 12.7. The van der Waals surface area contributed by atoms with Gasteiger partial charge < -0.3 is 58.7 Å². The van der Waals surface area contributed by atoms with Gasteiger partial charge in [-0.25, -0.2) is 0 Å². The van der Waals surface area contributed by atoms with E-state index in [1.807, 2.05) is 48.5 Å². The summed E-state index contributed by atoms with van der Waals surface area (Å²) in [6, 6.07) is 12.3. The molecular weight excluding hydrogens is 957 g/mol. The maximum Gasteiger partial charge on any atom is 0.304 e. The third-order valence-electron chi connectivity index (χ3n) is 12.9. The van der Waals surface area contributed by atoms with Crippen molar-refractivity contribution in [3.05, 3.63) is 65.5 Å². The number of benzene rings is 2. The highest BCUT2D eigenvalue weighted by atomic mass is 32.1. The summed E-state index contributed by atoms with van der Waals surface area (Å²) in [6.07, 6.45) is 9.23. The van der Waals surface area contributed by atoms with Crippen LogP contribution in [-0.4, -0.2) is 134 Å². The summed E-state index contributed by atoms with van der Waals surface area (Å²) >= 11 is 5.50. The summed E-state index contributed by atoms with van der Waals surface area (Å²) in [5, 5.41) is 51.5. The van der Waals surface area contributed by atoms with Crippen LogP contribution in [0.25, 0.3) is 11.4 Å². The number of thiocarbonyl (C=S) groups is 1. The molecule has 4 rings (SSSR count). The van der Waals surface area contributed by atoms with Gasteiger partial charge in [0.1, 0.15) is 18.2 Å². The molecule has 7 atom stereocenters. The molecule has 1 aliphatic rings. The minimum Gasteiger partial charge on any atom is -0.481 e. The average Bonchev–Trinajstić information content (AvgIpc) is 3.43. The Morgan fingerprint density at radius 2 is 1.34 bits per heavy atom. The van der Waals surface area contributed by atoms with Crippen molar-refractivity contribution in [2.45, 2.75) is 159 Å². The molecule has 0 radical (unpaired) electrons. The van der Waals surface area contributed by atoms with Gasteiger partial charge in [-0.2, -0.15) is 0 Å². The number of unbranched alkanes of at least 4 members (excludes halogenated alkanes) is 4. The normalized spacial score (nSPS) is 18.1. The molecule has 1 amide bonds. The SMILES string of the molecule is Cc1nnc(-c2ccc(CCC(=O)C(N)CCCCNC(=O)C(N)CCCCCC(=O)C(N)CCCCNC(=S)Nc3ccc(CC4NC(COC=O)CCC(CC(=O)O)CNC4CC(=O)O)cc3)cc2)nn1. The Kier molecular flexibility index (Phi) is 27.0. The first-order valence-corrected chi connectivity index (χ1v) is 25.9. The van der Waals surface area contributed by atoms with Crippen molar-refractivity contribution in [2.24, 2.45) is 23.1 Å². The molecule has 1 saturated heterocycles. The van der Waals surface area contributed by atoms with Crippen molar-refractivity contribution in [3.8, 4) is 11.4 Å². The number of carbonyl (C=O) groups excluding carboxylic acids is 4. The summed E-state index contributed by atoms with van der Waals surface area (Å²) in [4.78, 5) is 72.2. The zero-order valence-corrected chi connectivity index (χ0v) is 42.8. The summed E-state index contributed by atoms with van der Waals surface area (Å²) in [7, 11) is 0. The number of anilines is 1. The first-order chi connectivity index (χ1) is 35.1. The van der Waals surface area contributed by atoms with Gasteiger partial charge in [0.05, 0.1) is 24.5 Å². The van der Waals surface area contributed by atoms with Crippen LogP contribution in [-0.2, 0) is 46.3 Å². The number of hydrogen-bond acceptors (Lipinski definition) is 17. The number of carboxylic acid groups (broad SMARTS) is 2. The fraction of sp³-hybridized carbons (Fsp3) is 0.588. The summed E-state index contributed by atoms with van der Waals surface area (Å²) in [6.45, 7) is 3.55. The average molecular weight is 1030 g/mol. The molecule has 13 N–H and O–H groups in total. The fourth-order valence-corrected chi connectivity index (χ4v) is 8.86. The van der Waals surface area contributed by atoms with Crippen LogP contribution in [0.15, 0.2) is 48.5 Å². The number of nitrogens with two attached hydrogens (primary N) is 3. The van der Waals surface area contributed by atoms with E-state index in [2.05, 4.69) is 47.0 Å². The van der Waals surface area contributed by atoms with Crippen LogP contribution in [0, 0.1) is 12.8 Å². The molecular formula is C51H76N12O9S. The van der Waals surface area contributed by atoms with Gasteiger partial charge in [0, 0.05) is 61.7 Å². The number of ketones is 2. The summed E-state index contributed by atoms with van der Waals surface area (Å²) in [5.74, 6) is -1.39. The Hall–Kier alpha value is -5.91. The third kappa shape index (κ3) is 23.7. The maximum atomic E-state index is 12.7. The Balaban J connectivity index is 1.02. The first-order valence-electron chi connectivity index (χ1n) is 25.4. The predicted molar refractivity (Wildman–Crippen MR) is 280 cm³/mol. The number of nitrogens with zero attached hydrogens (tertiary/aromatic N) is 4. The molecule has 2 aromatic carbocycles. The van der Waals surface area contributed by atoms with Crippen LogP contribution >= 0.6 is 12.2 Å². The number of carbonyl (C=O) groups is 6. The molecule has 0 bridgehead atoms. The lowest BCUT2D eigenvalue weighted by atomic mass is 9.95. The number of carboxylic acids is 2. The molecule has 21 nitrogen and oxygen atoms in total. The number of aromatic nitrogens is 4. The Morgan fingerprint density at radius 1 is 0.740 bits per heavy atom. The number of rotatable bonds is 33. The van der Waals surface area contributed by atoms with E-state index in [4.69, 9.17) is 34.2 Å². The molecule has 2 heterocycles. The first kappa shape index (κ1) is 59.7. The van der Waals surface area contributed by atoms with E-state index in [0.717, 1.165) is 41.6 Å². The minimum atomic E-state index is -0.986. The van der Waals surface area contributed by atoms with E-state index < -0.39 is 36.1 Å². The van der Waals surface area contributed by atoms with Crippen molar-refractivity contribution in [1.29, 1.82) is 0 Å². The van der Waals surface area contributed by atoms with Crippen molar-refractivity contribution in [2.75, 3.05) is 31.6 Å². The van der Waals surface area contributed by atoms with Gasteiger partial charge in [-0.1, -0.05) is 49.2 Å². The van der Waals surface area contributed by atoms with Crippen molar-refractivity contribution >= 4 is 58.9 Å². The van der Waals surface area contributed by atoms with Crippen molar-refractivity contribution in [3.63, 3.8) is 0 Å². The lowest BCUT2D eigenvalue weighted by Crippen LogP contribution is -2.53. The van der Waals surface area contributed by atoms with Crippen molar-refractivity contribution in [1.82, 2.24) is 41.7 Å². The number of amides is 1. The molecule has 7 unspecified atom stereocenters. The molecule has 73 heavy (non-hydrogen) atoms. The predicted octanol–water partition coefficient (Wildman–Crippen LogP) is 3.05. The van der Waals surface area contributed by atoms with Gasteiger partial charge in [0.25, 0.3) is 6.47 Å². The molecule has 0 spiro atoms. The topological polar surface area (TPSA) is 342 Å². The quantitative estimate of drug-likeness (QED) is 0.0238. The van der Waals surface area contributed by atoms with Crippen LogP contribution in [0.1, 0.15) is 120 Å². The van der Waals surface area contributed by atoms with Crippen LogP contribution in [0.5, 0.6) is 0 Å². The van der Waals surface area contributed by atoms with E-state index in [1.54, 1.807) is 6.92 Å². The van der Waals surface area contributed by atoms with Gasteiger partial charge in [-0.15, -0.1) is 20.4 Å². The summed E-state index contributed by atoms with van der Waals surface area (Å²) < 4.78 is 5.06. The number of Topliss-reactive ketones (excluding diaryl/α,β-unsaturated/α-hetero) is 2. The molecule has 0 saturated carbocycles. The van der Waals surface area contributed by atoms with Gasteiger partial charge in [-0.05, 0) is 132 Å². The van der Waals surface area contributed by atoms with Crippen LogP contribution in [0.3, 0.4) is 0 Å². The van der Waals surface area contributed by atoms with Gasteiger partial charge in [-0.3, -0.25) is 28.8 Å². The van der Waals surface area contributed by atoms with E-state index >= 15 is 0 Å². The van der Waals surface area contributed by atoms with E-state index in [1.165, 1.54) is 0 Å². The zero-order valence-electron chi connectivity index (χ0n) is 42.0. The molecule has 1 aliphatic heterocycles. The second-order valence-corrected chi connectivity index (χ2v) is 19.3. The molecule has 22 heteroatoms. The Labute approximate surface area is 433 Å². The Morgan fingerprint density at radius 3 is 1.99 bits per heavy atom. The van der Waals surface area contributed by atoms with E-state index in [9.17, 15) is 39.0 Å². The van der Waals surface area contributed by atoms with E-state index in [-0.39, 0.29) is 54.9 Å². The Bertz CT molecular complexity index is 2190. The highest BCUT2D eigenvalue weighted by Gasteiger charge is 2.30. The molecule has 1 fully saturated rings. The zero-order chi connectivity index (χ0) is 53.0. The number of nitrogens with one attached hydrogen (secondary N) is 5.